The number of carbonyl (C=O) groups is 4. The summed E-state index contributed by atoms with van der Waals surface area (Å²) in [5.74, 6) is -12.0. The van der Waals surface area contributed by atoms with Crippen molar-refractivity contribution in [3.8, 4) is 5.75 Å². The van der Waals surface area contributed by atoms with Gasteiger partial charge in [0, 0.05) is 37.5 Å². The van der Waals surface area contributed by atoms with Crippen LogP contribution < -0.4 is 10.1 Å². The molecule has 2 aromatic rings. The Hall–Kier alpha value is -4.10. The molecule has 1 aromatic heterocycles. The number of hydrogen-bond acceptors (Lipinski definition) is 8. The summed E-state index contributed by atoms with van der Waals surface area (Å²) < 4.78 is 64.6. The van der Waals surface area contributed by atoms with E-state index in [0.717, 1.165) is 0 Å². The highest BCUT2D eigenvalue weighted by molar-refractivity contribution is 5.94. The molecule has 1 saturated heterocycles. The molecule has 0 unspecified atom stereocenters. The lowest BCUT2D eigenvalue weighted by Crippen LogP contribution is -2.49. The monoisotopic (exact) mass is 568 g/mol. The van der Waals surface area contributed by atoms with Crippen molar-refractivity contribution in [3.63, 3.8) is 0 Å². The summed E-state index contributed by atoms with van der Waals surface area (Å²) in [5, 5.41) is 2.44. The number of aromatic nitrogens is 2. The predicted molar refractivity (Wildman–Crippen MR) is 130 cm³/mol. The fraction of sp³-hybridized carbons (Fsp3) is 0.462. The Morgan fingerprint density at radius 3 is 2.20 bits per heavy atom. The molecule has 0 spiro atoms. The zero-order valence-electron chi connectivity index (χ0n) is 21.8. The van der Waals surface area contributed by atoms with Crippen LogP contribution in [0, 0.1) is 35.1 Å². The van der Waals surface area contributed by atoms with Crippen molar-refractivity contribution in [2.45, 2.75) is 39.2 Å². The molecule has 3 rings (SSSR count). The number of esters is 1. The molecule has 0 radical (unpaired) electrons. The van der Waals surface area contributed by atoms with Crippen LogP contribution in [0.5, 0.6) is 5.75 Å². The van der Waals surface area contributed by atoms with E-state index >= 15 is 0 Å². The van der Waals surface area contributed by atoms with Crippen LogP contribution in [0.1, 0.15) is 43.7 Å². The van der Waals surface area contributed by atoms with E-state index in [0.29, 0.717) is 0 Å². The van der Waals surface area contributed by atoms with Crippen LogP contribution in [0.3, 0.4) is 0 Å². The van der Waals surface area contributed by atoms with Gasteiger partial charge in [0.15, 0.2) is 23.2 Å². The maximum absolute atomic E-state index is 13.9. The first-order valence-electron chi connectivity index (χ1n) is 12.5. The van der Waals surface area contributed by atoms with Gasteiger partial charge in [-0.05, 0) is 24.8 Å². The number of Topliss-reactive ketones (excluding diaryl/α,β-unsaturated/α-hetero) is 1. The quantitative estimate of drug-likeness (QED) is 0.249. The molecule has 1 aliphatic rings. The number of piperidine rings is 1. The highest BCUT2D eigenvalue weighted by Gasteiger charge is 2.33. The lowest BCUT2D eigenvalue weighted by Gasteiger charge is -2.31. The van der Waals surface area contributed by atoms with Gasteiger partial charge in [-0.2, -0.15) is 8.78 Å². The summed E-state index contributed by atoms with van der Waals surface area (Å²) in [4.78, 5) is 60.0. The Morgan fingerprint density at radius 2 is 1.62 bits per heavy atom. The highest BCUT2D eigenvalue weighted by Crippen LogP contribution is 2.26. The van der Waals surface area contributed by atoms with Crippen LogP contribution >= 0.6 is 0 Å². The number of likely N-dealkylation sites (tertiary alicyclic amines) is 1. The number of rotatable bonds is 11. The molecule has 1 aliphatic heterocycles. The third kappa shape index (κ3) is 7.96. The summed E-state index contributed by atoms with van der Waals surface area (Å²) in [6, 6.07) is 0.0332. The van der Waals surface area contributed by atoms with E-state index in [1.54, 1.807) is 19.9 Å². The van der Waals surface area contributed by atoms with Crippen molar-refractivity contribution < 1.29 is 46.2 Å². The molecule has 216 valence electrons. The largest absolute Gasteiger partial charge is 0.479 e. The fourth-order valence-electron chi connectivity index (χ4n) is 3.84. The van der Waals surface area contributed by atoms with Gasteiger partial charge in [-0.15, -0.1) is 0 Å². The maximum atomic E-state index is 13.9. The summed E-state index contributed by atoms with van der Waals surface area (Å²) in [5.41, 5.74) is 0. The molecule has 14 heteroatoms. The van der Waals surface area contributed by atoms with E-state index in [9.17, 15) is 36.7 Å². The number of carbonyl (C=O) groups excluding carboxylic acids is 4. The minimum Gasteiger partial charge on any atom is -0.479 e. The van der Waals surface area contributed by atoms with Crippen molar-refractivity contribution >= 4 is 23.6 Å². The van der Waals surface area contributed by atoms with Crippen LogP contribution in [0.15, 0.2) is 24.5 Å². The minimum absolute atomic E-state index is 0.0148. The zero-order valence-corrected chi connectivity index (χ0v) is 21.8. The highest BCUT2D eigenvalue weighted by atomic mass is 19.2. The number of amides is 2. The van der Waals surface area contributed by atoms with Gasteiger partial charge < -0.3 is 19.7 Å². The van der Waals surface area contributed by atoms with E-state index in [1.165, 1.54) is 17.3 Å². The van der Waals surface area contributed by atoms with Gasteiger partial charge in [0.2, 0.25) is 23.4 Å². The first kappa shape index (κ1) is 30.4. The van der Waals surface area contributed by atoms with Crippen molar-refractivity contribution in [2.24, 2.45) is 11.8 Å². The van der Waals surface area contributed by atoms with E-state index < -0.39 is 77.6 Å². The molecular weight excluding hydrogens is 540 g/mol. The molecule has 1 N–H and O–H groups in total. The molecule has 2 amide bonds. The normalized spacial score (nSPS) is 14.5. The number of halogens is 4. The molecule has 10 nitrogen and oxygen atoms in total. The van der Waals surface area contributed by atoms with Gasteiger partial charge in [-0.25, -0.2) is 18.7 Å². The number of ether oxygens (including phenoxy) is 2. The van der Waals surface area contributed by atoms with Crippen molar-refractivity contribution in [3.05, 3.63) is 53.6 Å². The standard InChI is InChI=1S/C26H28F4N4O6/c1-14(2)12-39-20(36)11-18(19(35)13-40-23-21(29)16(27)10-17(28)22(23)30)33-25(37)15-4-8-34(9-5-15)26(38)24-31-6-3-7-32-24/h3,6-7,10,14-15,18H,4-5,8-9,11-13H2,1-2H3,(H,33,37)/t18-/m0/s1. The van der Waals surface area contributed by atoms with Gasteiger partial charge in [-0.1, -0.05) is 13.8 Å². The lowest BCUT2D eigenvalue weighted by molar-refractivity contribution is -0.147. The summed E-state index contributed by atoms with van der Waals surface area (Å²) in [6.45, 7) is 2.92. The first-order valence-corrected chi connectivity index (χ1v) is 12.5. The van der Waals surface area contributed by atoms with Gasteiger partial charge in [0.25, 0.3) is 5.91 Å². The number of benzene rings is 1. The number of hydrogen-bond donors (Lipinski definition) is 1. The van der Waals surface area contributed by atoms with Crippen LogP contribution in [-0.2, 0) is 19.1 Å². The Bertz CT molecular complexity index is 1210. The van der Waals surface area contributed by atoms with Gasteiger partial charge in [0.1, 0.15) is 12.6 Å². The third-order valence-corrected chi connectivity index (χ3v) is 5.99. The van der Waals surface area contributed by atoms with Gasteiger partial charge in [0.05, 0.1) is 13.0 Å². The van der Waals surface area contributed by atoms with Crippen LogP contribution in [0.4, 0.5) is 17.6 Å². The van der Waals surface area contributed by atoms with Crippen molar-refractivity contribution in [1.29, 1.82) is 0 Å². The second-order valence-electron chi connectivity index (χ2n) is 9.53. The maximum Gasteiger partial charge on any atom is 0.308 e. The number of nitrogens with zero attached hydrogens (tertiary/aromatic N) is 3. The molecule has 1 atom stereocenters. The second-order valence-corrected chi connectivity index (χ2v) is 9.53. The molecule has 0 aliphatic carbocycles. The van der Waals surface area contributed by atoms with Crippen LogP contribution in [0.2, 0.25) is 0 Å². The Morgan fingerprint density at radius 1 is 1.02 bits per heavy atom. The Balaban J connectivity index is 1.65. The van der Waals surface area contributed by atoms with Gasteiger partial charge in [-0.3, -0.25) is 19.2 Å². The van der Waals surface area contributed by atoms with Crippen molar-refractivity contribution in [1.82, 2.24) is 20.2 Å². The molecule has 2 heterocycles. The molecule has 0 bridgehead atoms. The topological polar surface area (TPSA) is 128 Å². The molecular formula is C26H28F4N4O6. The third-order valence-electron chi connectivity index (χ3n) is 5.99. The molecule has 1 aromatic carbocycles. The zero-order chi connectivity index (χ0) is 29.4. The lowest BCUT2D eigenvalue weighted by atomic mass is 9.95. The average Bonchev–Trinajstić information content (AvgIpc) is 2.94. The summed E-state index contributed by atoms with van der Waals surface area (Å²) >= 11 is 0. The van der Waals surface area contributed by atoms with E-state index in [1.807, 2.05) is 0 Å². The summed E-state index contributed by atoms with van der Waals surface area (Å²) in [6.07, 6.45) is 2.71. The predicted octanol–water partition coefficient (Wildman–Crippen LogP) is 2.61. The molecule has 0 saturated carbocycles. The Labute approximate surface area is 227 Å². The smallest absolute Gasteiger partial charge is 0.308 e. The van der Waals surface area contributed by atoms with Crippen molar-refractivity contribution in [2.75, 3.05) is 26.3 Å². The van der Waals surface area contributed by atoms with E-state index in [4.69, 9.17) is 9.47 Å². The fourth-order valence-corrected chi connectivity index (χ4v) is 3.84. The molecule has 40 heavy (non-hydrogen) atoms. The Kier molecular flexibility index (Phi) is 10.5. The number of ketones is 1. The first-order chi connectivity index (χ1) is 19.0. The minimum atomic E-state index is -1.84. The van der Waals surface area contributed by atoms with E-state index in [2.05, 4.69) is 15.3 Å². The SMILES string of the molecule is CC(C)COC(=O)C[C@H](NC(=O)C1CCN(C(=O)c2ncccn2)CC1)C(=O)COc1c(F)c(F)cc(F)c1F. The number of nitrogens with one attached hydrogen (secondary N) is 1. The summed E-state index contributed by atoms with van der Waals surface area (Å²) in [7, 11) is 0. The van der Waals surface area contributed by atoms with E-state index in [-0.39, 0.29) is 50.3 Å². The average molecular weight is 569 g/mol. The van der Waals surface area contributed by atoms with Crippen LogP contribution in [-0.4, -0.2) is 70.8 Å². The van der Waals surface area contributed by atoms with Crippen LogP contribution in [0.25, 0.3) is 0 Å². The second kappa shape index (κ2) is 13.8. The van der Waals surface area contributed by atoms with Gasteiger partial charge >= 0.3 is 5.97 Å². The molecule has 1 fully saturated rings.